The van der Waals surface area contributed by atoms with Crippen LogP contribution < -0.4 is 5.73 Å². The van der Waals surface area contributed by atoms with Gasteiger partial charge < -0.3 is 10.6 Å². The number of benzene rings is 2. The first-order valence-electron chi connectivity index (χ1n) is 9.81. The largest absolute Gasteiger partial charge is 0.369 e. The van der Waals surface area contributed by atoms with E-state index in [2.05, 4.69) is 24.3 Å². The Kier molecular flexibility index (Phi) is 4.73. The average molecular weight is 362 g/mol. The van der Waals surface area contributed by atoms with Crippen LogP contribution in [0.3, 0.4) is 0 Å². The van der Waals surface area contributed by atoms with Gasteiger partial charge in [-0.1, -0.05) is 54.6 Å². The van der Waals surface area contributed by atoms with Crippen molar-refractivity contribution in [3.05, 3.63) is 60.2 Å². The maximum atomic E-state index is 12.6. The van der Waals surface area contributed by atoms with Gasteiger partial charge in [0.1, 0.15) is 0 Å². The smallest absolute Gasteiger partial charge is 0.225 e. The molecule has 1 aliphatic heterocycles. The molecule has 2 fully saturated rings. The summed E-state index contributed by atoms with van der Waals surface area (Å²) in [5.41, 5.74) is 8.61. The van der Waals surface area contributed by atoms with Crippen LogP contribution in [0.5, 0.6) is 0 Å². The van der Waals surface area contributed by atoms with Crippen LogP contribution in [0.4, 0.5) is 0 Å². The Morgan fingerprint density at radius 2 is 1.74 bits per heavy atom. The van der Waals surface area contributed by atoms with Gasteiger partial charge in [0.2, 0.25) is 11.8 Å². The Morgan fingerprint density at radius 1 is 1.04 bits per heavy atom. The summed E-state index contributed by atoms with van der Waals surface area (Å²) in [6.07, 6.45) is 4.10. The molecule has 27 heavy (non-hydrogen) atoms. The molecule has 4 nitrogen and oxygen atoms in total. The molecule has 1 aliphatic carbocycles. The quantitative estimate of drug-likeness (QED) is 0.886. The maximum Gasteiger partial charge on any atom is 0.225 e. The highest BCUT2D eigenvalue weighted by molar-refractivity contribution is 5.85. The van der Waals surface area contributed by atoms with Crippen LogP contribution in [-0.2, 0) is 16.0 Å². The van der Waals surface area contributed by atoms with E-state index in [1.807, 2.05) is 35.2 Å². The highest BCUT2D eigenvalue weighted by Gasteiger charge is 2.44. The van der Waals surface area contributed by atoms with Crippen LogP contribution in [0, 0.1) is 11.3 Å². The second-order valence-corrected chi connectivity index (χ2v) is 7.98. The highest BCUT2D eigenvalue weighted by Crippen LogP contribution is 2.39. The lowest BCUT2D eigenvalue weighted by Gasteiger charge is -2.41. The summed E-state index contributed by atoms with van der Waals surface area (Å²) in [6.45, 7) is 1.19. The normalized spacial score (nSPS) is 22.4. The van der Waals surface area contributed by atoms with E-state index in [1.165, 1.54) is 0 Å². The van der Waals surface area contributed by atoms with Crippen LogP contribution in [0.2, 0.25) is 0 Å². The second-order valence-electron chi connectivity index (χ2n) is 7.98. The Bertz CT molecular complexity index is 844. The fraction of sp³-hybridized carbons (Fsp3) is 0.391. The third kappa shape index (κ3) is 3.61. The molecular weight excluding hydrogens is 336 g/mol. The van der Waals surface area contributed by atoms with Crippen molar-refractivity contribution in [2.75, 3.05) is 13.1 Å². The summed E-state index contributed by atoms with van der Waals surface area (Å²) >= 11 is 0. The number of rotatable bonds is 5. The van der Waals surface area contributed by atoms with Gasteiger partial charge in [-0.2, -0.15) is 0 Å². The lowest BCUT2D eigenvalue weighted by Crippen LogP contribution is -2.53. The fourth-order valence-electron chi connectivity index (χ4n) is 4.28. The maximum absolute atomic E-state index is 12.6. The standard InChI is InChI=1S/C23H26N2O2/c24-22(27)23(13-6-14-25(16-23)21(26)18-11-12-18)15-19-9-4-5-10-20(19)17-7-2-1-3-8-17/h1-5,7-10,18H,6,11-16H2,(H2,24,27)/t23-/m0/s1. The number of hydrogen-bond acceptors (Lipinski definition) is 2. The molecule has 2 aromatic rings. The SMILES string of the molecule is NC(=O)[C@]1(Cc2ccccc2-c2ccccc2)CCCN(C(=O)C2CC2)C1. The third-order valence-corrected chi connectivity index (χ3v) is 5.97. The van der Waals surface area contributed by atoms with Crippen molar-refractivity contribution in [3.63, 3.8) is 0 Å². The monoisotopic (exact) mass is 362 g/mol. The summed E-state index contributed by atoms with van der Waals surface area (Å²) in [6, 6.07) is 18.4. The van der Waals surface area contributed by atoms with E-state index < -0.39 is 5.41 Å². The van der Waals surface area contributed by atoms with Crippen LogP contribution in [0.1, 0.15) is 31.2 Å². The predicted molar refractivity (Wildman–Crippen MR) is 106 cm³/mol. The molecular formula is C23H26N2O2. The zero-order valence-corrected chi connectivity index (χ0v) is 15.6. The number of carbonyl (C=O) groups excluding carboxylic acids is 2. The van der Waals surface area contributed by atoms with Crippen LogP contribution >= 0.6 is 0 Å². The van der Waals surface area contributed by atoms with Crippen molar-refractivity contribution >= 4 is 11.8 Å². The molecule has 0 aromatic heterocycles. The summed E-state index contributed by atoms with van der Waals surface area (Å²) in [4.78, 5) is 27.0. The summed E-state index contributed by atoms with van der Waals surface area (Å²) in [7, 11) is 0. The molecule has 2 aliphatic rings. The molecule has 0 radical (unpaired) electrons. The molecule has 1 saturated heterocycles. The molecule has 0 unspecified atom stereocenters. The van der Waals surface area contributed by atoms with Gasteiger partial charge in [-0.05, 0) is 48.8 Å². The van der Waals surface area contributed by atoms with Crippen LogP contribution in [0.15, 0.2) is 54.6 Å². The summed E-state index contributed by atoms with van der Waals surface area (Å²) < 4.78 is 0. The first-order chi connectivity index (χ1) is 13.1. The number of hydrogen-bond donors (Lipinski definition) is 1. The van der Waals surface area contributed by atoms with E-state index in [9.17, 15) is 9.59 Å². The average Bonchev–Trinajstić information content (AvgIpc) is 3.54. The van der Waals surface area contributed by atoms with Crippen molar-refractivity contribution in [1.82, 2.24) is 4.90 Å². The van der Waals surface area contributed by atoms with Gasteiger partial charge >= 0.3 is 0 Å². The van der Waals surface area contributed by atoms with Gasteiger partial charge in [0.15, 0.2) is 0 Å². The van der Waals surface area contributed by atoms with Crippen molar-refractivity contribution in [2.24, 2.45) is 17.1 Å². The Morgan fingerprint density at radius 3 is 2.44 bits per heavy atom. The van der Waals surface area contributed by atoms with Gasteiger partial charge in [-0.15, -0.1) is 0 Å². The Hall–Kier alpha value is -2.62. The molecule has 140 valence electrons. The number of piperidine rings is 1. The molecule has 2 aromatic carbocycles. The molecule has 2 amide bonds. The number of nitrogens with zero attached hydrogens (tertiary/aromatic N) is 1. The number of amides is 2. The third-order valence-electron chi connectivity index (χ3n) is 5.97. The first-order valence-corrected chi connectivity index (χ1v) is 9.81. The number of nitrogens with two attached hydrogens (primary N) is 1. The molecule has 0 bridgehead atoms. The lowest BCUT2D eigenvalue weighted by molar-refractivity contribution is -0.140. The summed E-state index contributed by atoms with van der Waals surface area (Å²) in [5.74, 6) is 0.0839. The number of primary amides is 1. The van der Waals surface area contributed by atoms with Crippen molar-refractivity contribution in [1.29, 1.82) is 0 Å². The highest BCUT2D eigenvalue weighted by atomic mass is 16.2. The van der Waals surface area contributed by atoms with E-state index >= 15 is 0 Å². The number of likely N-dealkylation sites (tertiary alicyclic amines) is 1. The topological polar surface area (TPSA) is 63.4 Å². The zero-order chi connectivity index (χ0) is 18.9. The predicted octanol–water partition coefficient (Wildman–Crippen LogP) is 3.40. The molecule has 4 rings (SSSR count). The van der Waals surface area contributed by atoms with Crippen LogP contribution in [0.25, 0.3) is 11.1 Å². The number of carbonyl (C=O) groups is 2. The zero-order valence-electron chi connectivity index (χ0n) is 15.6. The second kappa shape index (κ2) is 7.18. The summed E-state index contributed by atoms with van der Waals surface area (Å²) in [5, 5.41) is 0. The Labute approximate surface area is 160 Å². The minimum Gasteiger partial charge on any atom is -0.369 e. The molecule has 1 saturated carbocycles. The van der Waals surface area contributed by atoms with E-state index in [1.54, 1.807) is 0 Å². The molecule has 2 N–H and O–H groups in total. The van der Waals surface area contributed by atoms with Gasteiger partial charge in [0.05, 0.1) is 5.41 Å². The van der Waals surface area contributed by atoms with Crippen molar-refractivity contribution in [2.45, 2.75) is 32.1 Å². The molecule has 0 spiro atoms. The molecule has 1 heterocycles. The minimum atomic E-state index is -0.687. The van der Waals surface area contributed by atoms with Gasteiger partial charge in [0, 0.05) is 19.0 Å². The van der Waals surface area contributed by atoms with Gasteiger partial charge in [0.25, 0.3) is 0 Å². The lowest BCUT2D eigenvalue weighted by atomic mass is 9.73. The van der Waals surface area contributed by atoms with E-state index in [0.29, 0.717) is 13.0 Å². The Balaban J connectivity index is 1.64. The van der Waals surface area contributed by atoms with Crippen LogP contribution in [-0.4, -0.2) is 29.8 Å². The van der Waals surface area contributed by atoms with Crippen molar-refractivity contribution in [3.8, 4) is 11.1 Å². The fourth-order valence-corrected chi connectivity index (χ4v) is 4.28. The van der Waals surface area contributed by atoms with E-state index in [-0.39, 0.29) is 17.7 Å². The molecule has 4 heteroatoms. The first kappa shape index (κ1) is 17.8. The minimum absolute atomic E-state index is 0.172. The van der Waals surface area contributed by atoms with E-state index in [4.69, 9.17) is 5.73 Å². The van der Waals surface area contributed by atoms with Gasteiger partial charge in [-0.25, -0.2) is 0 Å². The van der Waals surface area contributed by atoms with Gasteiger partial charge in [-0.3, -0.25) is 9.59 Å². The van der Waals surface area contributed by atoms with Crippen molar-refractivity contribution < 1.29 is 9.59 Å². The molecule has 1 atom stereocenters. The van der Waals surface area contributed by atoms with E-state index in [0.717, 1.165) is 48.9 Å².